The molecule has 2 fully saturated rings. The number of anilines is 1. The summed E-state index contributed by atoms with van der Waals surface area (Å²) in [5.74, 6) is 0.343. The Bertz CT molecular complexity index is 790. The van der Waals surface area contributed by atoms with Crippen LogP contribution >= 0.6 is 0 Å². The largest absolute Gasteiger partial charge is 0.345 e. The van der Waals surface area contributed by atoms with Crippen LogP contribution in [0.4, 0.5) is 10.5 Å². The zero-order valence-corrected chi connectivity index (χ0v) is 15.4. The summed E-state index contributed by atoms with van der Waals surface area (Å²) < 4.78 is 0. The Morgan fingerprint density at radius 3 is 2.56 bits per heavy atom. The number of hydrogen-bond donors (Lipinski definition) is 2. The van der Waals surface area contributed by atoms with Gasteiger partial charge in [-0.15, -0.1) is 0 Å². The summed E-state index contributed by atoms with van der Waals surface area (Å²) in [6.45, 7) is 3.03. The van der Waals surface area contributed by atoms with Crippen molar-refractivity contribution in [2.75, 3.05) is 31.5 Å². The first-order valence-corrected chi connectivity index (χ1v) is 9.64. The predicted molar refractivity (Wildman–Crippen MR) is 103 cm³/mol. The van der Waals surface area contributed by atoms with Gasteiger partial charge in [0.1, 0.15) is 0 Å². The van der Waals surface area contributed by atoms with Crippen molar-refractivity contribution in [3.05, 3.63) is 36.8 Å². The van der Waals surface area contributed by atoms with Gasteiger partial charge >= 0.3 is 6.03 Å². The normalized spacial score (nSPS) is 17.9. The van der Waals surface area contributed by atoms with Crippen LogP contribution in [0.1, 0.15) is 25.7 Å². The van der Waals surface area contributed by atoms with E-state index in [-0.39, 0.29) is 17.9 Å². The molecule has 0 saturated carbocycles. The van der Waals surface area contributed by atoms with E-state index in [0.29, 0.717) is 13.1 Å². The molecule has 0 spiro atoms. The fraction of sp³-hybridized carbons (Fsp3) is 0.450. The van der Waals surface area contributed by atoms with Crippen LogP contribution < -0.4 is 5.32 Å². The van der Waals surface area contributed by atoms with Crippen molar-refractivity contribution in [1.82, 2.24) is 19.8 Å². The highest BCUT2D eigenvalue weighted by Crippen LogP contribution is 2.24. The van der Waals surface area contributed by atoms with Crippen molar-refractivity contribution in [1.29, 1.82) is 0 Å². The molecule has 7 nitrogen and oxygen atoms in total. The average molecular weight is 367 g/mol. The van der Waals surface area contributed by atoms with Gasteiger partial charge in [0.15, 0.2) is 0 Å². The smallest absolute Gasteiger partial charge is 0.321 e. The molecular weight excluding hydrogens is 342 g/mol. The maximum atomic E-state index is 12.6. The van der Waals surface area contributed by atoms with Crippen LogP contribution in [0.3, 0.4) is 0 Å². The molecule has 27 heavy (non-hydrogen) atoms. The molecule has 2 aliphatic rings. The lowest BCUT2D eigenvalue weighted by Gasteiger charge is -2.33. The van der Waals surface area contributed by atoms with Gasteiger partial charge in [-0.3, -0.25) is 4.79 Å². The van der Waals surface area contributed by atoms with Gasteiger partial charge in [-0.1, -0.05) is 12.1 Å². The number of carbonyl (C=O) groups excluding carboxylic acids is 2. The SMILES string of the molecule is O=C(Nc1cccc(-c2cnc[nH]2)c1)N1CCC(C(=O)N2CCCC2)CC1. The zero-order chi connectivity index (χ0) is 18.6. The number of benzene rings is 1. The number of H-pyrrole nitrogens is 1. The Balaban J connectivity index is 1.32. The molecule has 2 aromatic rings. The first-order chi connectivity index (χ1) is 13.2. The van der Waals surface area contributed by atoms with Crippen LogP contribution in [0, 0.1) is 5.92 Å². The number of nitrogens with zero attached hydrogens (tertiary/aromatic N) is 3. The van der Waals surface area contributed by atoms with E-state index in [4.69, 9.17) is 0 Å². The molecule has 3 heterocycles. The second-order valence-corrected chi connectivity index (χ2v) is 7.27. The van der Waals surface area contributed by atoms with Gasteiger partial charge in [-0.05, 0) is 37.8 Å². The Morgan fingerprint density at radius 1 is 1.07 bits per heavy atom. The van der Waals surface area contributed by atoms with Crippen LogP contribution in [0.5, 0.6) is 0 Å². The molecule has 1 aromatic heterocycles. The highest BCUT2D eigenvalue weighted by molar-refractivity contribution is 5.90. The number of carbonyl (C=O) groups is 2. The minimum Gasteiger partial charge on any atom is -0.345 e. The van der Waals surface area contributed by atoms with Crippen LogP contribution in [0.2, 0.25) is 0 Å². The van der Waals surface area contributed by atoms with Gasteiger partial charge in [-0.25, -0.2) is 9.78 Å². The summed E-state index contributed by atoms with van der Waals surface area (Å²) in [5.41, 5.74) is 2.63. The molecule has 0 aliphatic carbocycles. The number of rotatable bonds is 3. The summed E-state index contributed by atoms with van der Waals surface area (Å²) in [7, 11) is 0. The average Bonchev–Trinajstić information content (AvgIpc) is 3.42. The monoisotopic (exact) mass is 367 g/mol. The summed E-state index contributed by atoms with van der Waals surface area (Å²) in [4.78, 5) is 36.0. The minimum absolute atomic E-state index is 0.0656. The molecule has 2 saturated heterocycles. The van der Waals surface area contributed by atoms with Gasteiger partial charge < -0.3 is 20.1 Å². The molecule has 1 aromatic carbocycles. The first kappa shape index (κ1) is 17.6. The molecule has 0 unspecified atom stereocenters. The molecule has 2 N–H and O–H groups in total. The van der Waals surface area contributed by atoms with E-state index >= 15 is 0 Å². The highest BCUT2D eigenvalue weighted by Gasteiger charge is 2.31. The van der Waals surface area contributed by atoms with Crippen molar-refractivity contribution >= 4 is 17.6 Å². The summed E-state index contributed by atoms with van der Waals surface area (Å²) in [5, 5.41) is 2.97. The fourth-order valence-corrected chi connectivity index (χ4v) is 3.91. The fourth-order valence-electron chi connectivity index (χ4n) is 3.91. The van der Waals surface area contributed by atoms with Crippen LogP contribution in [-0.2, 0) is 4.79 Å². The Hall–Kier alpha value is -2.83. The van der Waals surface area contributed by atoms with E-state index < -0.39 is 0 Å². The zero-order valence-electron chi connectivity index (χ0n) is 15.4. The summed E-state index contributed by atoms with van der Waals surface area (Å²) >= 11 is 0. The Kier molecular flexibility index (Phi) is 5.09. The van der Waals surface area contributed by atoms with Crippen LogP contribution in [0.25, 0.3) is 11.3 Å². The van der Waals surface area contributed by atoms with E-state index in [1.165, 1.54) is 0 Å². The lowest BCUT2D eigenvalue weighted by atomic mass is 9.95. The van der Waals surface area contributed by atoms with Crippen molar-refractivity contribution in [2.24, 2.45) is 5.92 Å². The van der Waals surface area contributed by atoms with E-state index in [1.807, 2.05) is 29.2 Å². The number of piperidine rings is 1. The minimum atomic E-state index is -0.108. The van der Waals surface area contributed by atoms with Crippen LogP contribution in [-0.4, -0.2) is 57.9 Å². The Morgan fingerprint density at radius 2 is 1.85 bits per heavy atom. The van der Waals surface area contributed by atoms with Gasteiger partial charge in [0.2, 0.25) is 5.91 Å². The summed E-state index contributed by atoms with van der Waals surface area (Å²) in [6, 6.07) is 7.57. The molecule has 7 heteroatoms. The van der Waals surface area contributed by atoms with E-state index in [0.717, 1.165) is 55.7 Å². The molecule has 0 bridgehead atoms. The third kappa shape index (κ3) is 3.97. The highest BCUT2D eigenvalue weighted by atomic mass is 16.2. The third-order valence-electron chi connectivity index (χ3n) is 5.47. The second-order valence-electron chi connectivity index (χ2n) is 7.27. The number of nitrogens with one attached hydrogen (secondary N) is 2. The molecule has 3 amide bonds. The lowest BCUT2D eigenvalue weighted by molar-refractivity contribution is -0.135. The van der Waals surface area contributed by atoms with E-state index in [1.54, 1.807) is 17.4 Å². The standard InChI is InChI=1S/C20H25N5O2/c26-19(24-8-1-2-9-24)15-6-10-25(11-7-15)20(27)23-17-5-3-4-16(12-17)18-13-21-14-22-18/h3-5,12-15H,1-2,6-11H2,(H,21,22)(H,23,27). The van der Waals surface area contributed by atoms with Crippen molar-refractivity contribution in [3.8, 4) is 11.3 Å². The maximum absolute atomic E-state index is 12.6. The van der Waals surface area contributed by atoms with Gasteiger partial charge in [-0.2, -0.15) is 0 Å². The topological polar surface area (TPSA) is 81.3 Å². The van der Waals surface area contributed by atoms with Gasteiger partial charge in [0.25, 0.3) is 0 Å². The van der Waals surface area contributed by atoms with E-state index in [2.05, 4.69) is 15.3 Å². The predicted octanol–water partition coefficient (Wildman–Crippen LogP) is 2.94. The van der Waals surface area contributed by atoms with Gasteiger partial charge in [0.05, 0.1) is 18.2 Å². The molecule has 2 aliphatic heterocycles. The molecule has 0 radical (unpaired) electrons. The maximum Gasteiger partial charge on any atom is 0.321 e. The molecule has 0 atom stereocenters. The van der Waals surface area contributed by atoms with E-state index in [9.17, 15) is 9.59 Å². The number of likely N-dealkylation sites (tertiary alicyclic amines) is 2. The van der Waals surface area contributed by atoms with Crippen LogP contribution in [0.15, 0.2) is 36.8 Å². The molecular formula is C20H25N5O2. The molecule has 4 rings (SSSR count). The summed E-state index contributed by atoms with van der Waals surface area (Å²) in [6.07, 6.45) is 7.11. The van der Waals surface area contributed by atoms with Crippen molar-refractivity contribution in [2.45, 2.75) is 25.7 Å². The molecule has 142 valence electrons. The number of amides is 3. The van der Waals surface area contributed by atoms with Gasteiger partial charge in [0, 0.05) is 43.3 Å². The number of imidazole rings is 1. The third-order valence-corrected chi connectivity index (χ3v) is 5.47. The number of hydrogen-bond acceptors (Lipinski definition) is 3. The second kappa shape index (κ2) is 7.82. The van der Waals surface area contributed by atoms with Crippen molar-refractivity contribution in [3.63, 3.8) is 0 Å². The lowest BCUT2D eigenvalue weighted by Crippen LogP contribution is -2.45. The number of aromatic amines is 1. The number of urea groups is 1. The Labute approximate surface area is 158 Å². The first-order valence-electron chi connectivity index (χ1n) is 9.64. The number of aromatic nitrogens is 2. The quantitative estimate of drug-likeness (QED) is 0.875. The van der Waals surface area contributed by atoms with Crippen molar-refractivity contribution < 1.29 is 9.59 Å².